The molecule has 0 bridgehead atoms. The monoisotopic (exact) mass is 291 g/mol. The number of ether oxygens (including phenoxy) is 1. The number of nitro benzene ring substituents is 1. The molecule has 7 heteroatoms. The maximum Gasteiger partial charge on any atom is 0.273 e. The van der Waals surface area contributed by atoms with Gasteiger partial charge in [-0.05, 0) is 25.1 Å². The van der Waals surface area contributed by atoms with Crippen molar-refractivity contribution in [2.24, 2.45) is 0 Å². The molecular weight excluding hydrogens is 277 g/mol. The van der Waals surface area contributed by atoms with Gasteiger partial charge in [-0.1, -0.05) is 0 Å². The highest BCUT2D eigenvalue weighted by atomic mass is 19.1. The summed E-state index contributed by atoms with van der Waals surface area (Å²) in [4.78, 5) is 10.2. The predicted molar refractivity (Wildman–Crippen MR) is 78.4 cm³/mol. The van der Waals surface area contributed by atoms with Gasteiger partial charge in [-0.15, -0.1) is 0 Å². The second-order valence-corrected chi connectivity index (χ2v) is 4.27. The average molecular weight is 291 g/mol. The van der Waals surface area contributed by atoms with Crippen LogP contribution in [0.5, 0.6) is 5.75 Å². The van der Waals surface area contributed by atoms with Gasteiger partial charge in [0.2, 0.25) is 0 Å². The number of benzene rings is 2. The highest BCUT2D eigenvalue weighted by Crippen LogP contribution is 2.27. The fourth-order valence-corrected chi connectivity index (χ4v) is 1.83. The number of halogens is 1. The van der Waals surface area contributed by atoms with Crippen LogP contribution in [0.3, 0.4) is 0 Å². The van der Waals surface area contributed by atoms with Crippen molar-refractivity contribution in [2.75, 3.05) is 17.7 Å². The molecule has 0 unspecified atom stereocenters. The summed E-state index contributed by atoms with van der Waals surface area (Å²) in [5.74, 6) is -0.359. The van der Waals surface area contributed by atoms with Crippen molar-refractivity contribution in [1.29, 1.82) is 0 Å². The number of anilines is 3. The molecule has 21 heavy (non-hydrogen) atoms. The van der Waals surface area contributed by atoms with Crippen molar-refractivity contribution >= 4 is 22.7 Å². The van der Waals surface area contributed by atoms with Crippen molar-refractivity contribution in [3.8, 4) is 5.75 Å². The fraction of sp³-hybridized carbons (Fsp3) is 0.143. The summed E-state index contributed by atoms with van der Waals surface area (Å²) in [6.45, 7) is 2.13. The zero-order chi connectivity index (χ0) is 15.4. The van der Waals surface area contributed by atoms with Crippen molar-refractivity contribution < 1.29 is 14.1 Å². The molecule has 3 N–H and O–H groups in total. The van der Waals surface area contributed by atoms with E-state index in [0.717, 1.165) is 0 Å². The highest BCUT2D eigenvalue weighted by Gasteiger charge is 2.10. The Balaban J connectivity index is 2.26. The normalized spacial score (nSPS) is 10.2. The van der Waals surface area contributed by atoms with Crippen LogP contribution < -0.4 is 15.8 Å². The summed E-state index contributed by atoms with van der Waals surface area (Å²) in [6.07, 6.45) is 0. The van der Waals surface area contributed by atoms with Crippen LogP contribution >= 0.6 is 0 Å². The van der Waals surface area contributed by atoms with Gasteiger partial charge in [0.15, 0.2) is 11.6 Å². The summed E-state index contributed by atoms with van der Waals surface area (Å²) in [5.41, 5.74) is 6.57. The van der Waals surface area contributed by atoms with Crippen LogP contribution in [0.15, 0.2) is 36.4 Å². The molecule has 0 radical (unpaired) electrons. The number of nitrogens with zero attached hydrogens (tertiary/aromatic N) is 1. The van der Waals surface area contributed by atoms with Crippen LogP contribution in [0.4, 0.5) is 27.1 Å². The average Bonchev–Trinajstić information content (AvgIpc) is 2.41. The van der Waals surface area contributed by atoms with E-state index in [1.54, 1.807) is 13.0 Å². The van der Waals surface area contributed by atoms with Gasteiger partial charge >= 0.3 is 0 Å². The number of hydrogen-bond acceptors (Lipinski definition) is 5. The Bertz CT molecular complexity index is 677. The molecule has 0 saturated carbocycles. The van der Waals surface area contributed by atoms with Gasteiger partial charge < -0.3 is 15.8 Å². The van der Waals surface area contributed by atoms with E-state index in [1.807, 2.05) is 0 Å². The Hall–Kier alpha value is -2.83. The van der Waals surface area contributed by atoms with Crippen LogP contribution in [0.25, 0.3) is 0 Å². The minimum absolute atomic E-state index is 0.135. The quantitative estimate of drug-likeness (QED) is 0.500. The van der Waals surface area contributed by atoms with Crippen molar-refractivity contribution in [1.82, 2.24) is 0 Å². The third-order valence-corrected chi connectivity index (χ3v) is 2.67. The smallest absolute Gasteiger partial charge is 0.273 e. The third-order valence-electron chi connectivity index (χ3n) is 2.67. The molecular formula is C14H14FN3O3. The van der Waals surface area contributed by atoms with Crippen LogP contribution in [0.1, 0.15) is 6.92 Å². The molecule has 110 valence electrons. The zero-order valence-electron chi connectivity index (χ0n) is 11.3. The van der Waals surface area contributed by atoms with Gasteiger partial charge in [0.1, 0.15) is 0 Å². The Kier molecular flexibility index (Phi) is 4.22. The van der Waals surface area contributed by atoms with E-state index < -0.39 is 10.7 Å². The molecule has 0 heterocycles. The maximum absolute atomic E-state index is 13.7. The molecule has 0 amide bonds. The van der Waals surface area contributed by atoms with E-state index in [2.05, 4.69) is 5.32 Å². The van der Waals surface area contributed by atoms with Crippen molar-refractivity contribution in [3.63, 3.8) is 0 Å². The minimum Gasteiger partial charge on any atom is -0.491 e. The second-order valence-electron chi connectivity index (χ2n) is 4.27. The first-order valence-corrected chi connectivity index (χ1v) is 6.24. The lowest BCUT2D eigenvalue weighted by Gasteiger charge is -2.10. The molecule has 6 nitrogen and oxygen atoms in total. The minimum atomic E-state index is -0.541. The van der Waals surface area contributed by atoms with Crippen LogP contribution in [-0.2, 0) is 0 Å². The molecule has 2 rings (SSSR count). The number of nitrogen functional groups attached to an aromatic ring is 1. The number of hydrogen-bond donors (Lipinski definition) is 2. The third kappa shape index (κ3) is 3.59. The molecule has 0 aliphatic carbocycles. The lowest BCUT2D eigenvalue weighted by atomic mass is 10.2. The van der Waals surface area contributed by atoms with Crippen LogP contribution in [0, 0.1) is 15.9 Å². The molecule has 2 aromatic carbocycles. The van der Waals surface area contributed by atoms with E-state index in [-0.39, 0.29) is 17.1 Å². The molecule has 2 aromatic rings. The summed E-state index contributed by atoms with van der Waals surface area (Å²) >= 11 is 0. The number of rotatable bonds is 5. The standard InChI is InChI=1S/C14H14FN3O3/c1-2-21-14-4-3-10(8-13(14)15)17-11-5-9(16)6-12(7-11)18(19)20/h3-8,17H,2,16H2,1H3. The SMILES string of the molecule is CCOc1ccc(Nc2cc(N)cc([N+](=O)[O-])c2)cc1F. The molecule has 0 fully saturated rings. The molecule has 0 saturated heterocycles. The Morgan fingerprint density at radius 3 is 2.67 bits per heavy atom. The fourth-order valence-electron chi connectivity index (χ4n) is 1.83. The van der Waals surface area contributed by atoms with Gasteiger partial charge in [0, 0.05) is 35.3 Å². The Labute approximate surface area is 120 Å². The Morgan fingerprint density at radius 1 is 1.29 bits per heavy atom. The first-order valence-electron chi connectivity index (χ1n) is 6.24. The van der Waals surface area contributed by atoms with Gasteiger partial charge in [0.25, 0.3) is 5.69 Å². The topological polar surface area (TPSA) is 90.4 Å². The maximum atomic E-state index is 13.7. The summed E-state index contributed by atoms with van der Waals surface area (Å²) in [7, 11) is 0. The number of non-ortho nitro benzene ring substituents is 1. The second kappa shape index (κ2) is 6.08. The Morgan fingerprint density at radius 2 is 2.05 bits per heavy atom. The lowest BCUT2D eigenvalue weighted by Crippen LogP contribution is -1.98. The number of nitro groups is 1. The summed E-state index contributed by atoms with van der Waals surface area (Å²) in [6, 6.07) is 8.46. The van der Waals surface area contributed by atoms with E-state index in [4.69, 9.17) is 10.5 Å². The first-order chi connectivity index (χ1) is 9.99. The van der Waals surface area contributed by atoms with Gasteiger partial charge in [-0.2, -0.15) is 0 Å². The molecule has 0 aliphatic heterocycles. The lowest BCUT2D eigenvalue weighted by molar-refractivity contribution is -0.384. The number of nitrogens with one attached hydrogen (secondary N) is 1. The number of nitrogens with two attached hydrogens (primary N) is 1. The van der Waals surface area contributed by atoms with Crippen molar-refractivity contribution in [3.05, 3.63) is 52.3 Å². The molecule has 0 aromatic heterocycles. The van der Waals surface area contributed by atoms with Gasteiger partial charge in [0.05, 0.1) is 11.5 Å². The van der Waals surface area contributed by atoms with E-state index in [0.29, 0.717) is 18.0 Å². The van der Waals surface area contributed by atoms with E-state index >= 15 is 0 Å². The van der Waals surface area contributed by atoms with Crippen molar-refractivity contribution in [2.45, 2.75) is 6.92 Å². The van der Waals surface area contributed by atoms with Gasteiger partial charge in [-0.3, -0.25) is 10.1 Å². The summed E-state index contributed by atoms with van der Waals surface area (Å²) < 4.78 is 18.8. The van der Waals surface area contributed by atoms with Crippen LogP contribution in [0.2, 0.25) is 0 Å². The highest BCUT2D eigenvalue weighted by molar-refractivity contribution is 5.68. The largest absolute Gasteiger partial charge is 0.491 e. The van der Waals surface area contributed by atoms with E-state index in [1.165, 1.54) is 30.3 Å². The zero-order valence-corrected chi connectivity index (χ0v) is 11.3. The molecule has 0 aliphatic rings. The summed E-state index contributed by atoms with van der Waals surface area (Å²) in [5, 5.41) is 13.6. The van der Waals surface area contributed by atoms with Crippen LogP contribution in [-0.4, -0.2) is 11.5 Å². The van der Waals surface area contributed by atoms with Gasteiger partial charge in [-0.25, -0.2) is 4.39 Å². The van der Waals surface area contributed by atoms with E-state index in [9.17, 15) is 14.5 Å². The molecule has 0 atom stereocenters. The predicted octanol–water partition coefficient (Wildman–Crippen LogP) is 3.46. The first kappa shape index (κ1) is 14.6. The molecule has 0 spiro atoms.